The highest BCUT2D eigenvalue weighted by Gasteiger charge is 2.19. The average Bonchev–Trinajstić information content (AvgIpc) is 2.85. The van der Waals surface area contributed by atoms with E-state index in [1.54, 1.807) is 12.1 Å². The predicted molar refractivity (Wildman–Crippen MR) is 135 cm³/mol. The summed E-state index contributed by atoms with van der Waals surface area (Å²) in [7, 11) is -3.56. The number of sulfone groups is 1. The van der Waals surface area contributed by atoms with Gasteiger partial charge in [0, 0.05) is 49.8 Å². The fourth-order valence-electron chi connectivity index (χ4n) is 4.06. The van der Waals surface area contributed by atoms with Crippen LogP contribution >= 0.6 is 0 Å². The second-order valence-electron chi connectivity index (χ2n) is 8.38. The lowest BCUT2D eigenvalue weighted by molar-refractivity contribution is -0.384. The van der Waals surface area contributed by atoms with E-state index < -0.39 is 14.8 Å². The normalized spacial score (nSPS) is 13.1. The number of hydrogen-bond donors (Lipinski definition) is 2. The molecule has 3 aromatic rings. The quantitative estimate of drug-likeness (QED) is 0.280. The number of nitrogens with one attached hydrogen (secondary N) is 2. The number of hydrogen-bond acceptors (Lipinski definition) is 7. The molecule has 0 bridgehead atoms. The molecule has 0 aliphatic carbocycles. The predicted octanol–water partition coefficient (Wildman–Crippen LogP) is 3.40. The summed E-state index contributed by atoms with van der Waals surface area (Å²) in [4.78, 5) is 25.4. The number of nitro benzene ring substituents is 1. The molecule has 0 atom stereocenters. The maximum Gasteiger partial charge on any atom is 0.293 e. The van der Waals surface area contributed by atoms with Crippen LogP contribution in [0.3, 0.4) is 0 Å². The zero-order chi connectivity index (χ0) is 25.0. The molecule has 0 fully saturated rings. The van der Waals surface area contributed by atoms with Gasteiger partial charge in [-0.25, -0.2) is 8.42 Å². The Morgan fingerprint density at radius 2 is 1.74 bits per heavy atom. The molecule has 0 saturated carbocycles. The Bertz CT molecular complexity index is 1360. The average molecular weight is 495 g/mol. The Kier molecular flexibility index (Phi) is 7.02. The topological polar surface area (TPSA) is 122 Å². The molecule has 10 heteroatoms. The summed E-state index contributed by atoms with van der Waals surface area (Å²) in [6.45, 7) is 2.22. The third-order valence-electron chi connectivity index (χ3n) is 5.95. The highest BCUT2D eigenvalue weighted by molar-refractivity contribution is 7.90. The lowest BCUT2D eigenvalue weighted by Gasteiger charge is -2.30. The summed E-state index contributed by atoms with van der Waals surface area (Å²) in [5.41, 5.74) is 4.13. The smallest absolute Gasteiger partial charge is 0.293 e. The van der Waals surface area contributed by atoms with Crippen molar-refractivity contribution in [1.29, 1.82) is 0 Å². The molecule has 182 valence electrons. The van der Waals surface area contributed by atoms with E-state index in [0.29, 0.717) is 5.56 Å². The number of nitrogens with zero attached hydrogens (tertiary/aromatic N) is 2. The van der Waals surface area contributed by atoms with E-state index in [-0.39, 0.29) is 35.3 Å². The molecule has 3 aromatic carbocycles. The molecule has 1 aliphatic heterocycles. The molecule has 0 saturated heterocycles. The van der Waals surface area contributed by atoms with E-state index >= 15 is 0 Å². The second kappa shape index (κ2) is 10.1. The van der Waals surface area contributed by atoms with Gasteiger partial charge in [0.05, 0.1) is 9.82 Å². The number of nitro groups is 1. The summed E-state index contributed by atoms with van der Waals surface area (Å²) in [6.07, 6.45) is 1.98. The van der Waals surface area contributed by atoms with Gasteiger partial charge in [-0.1, -0.05) is 24.3 Å². The highest BCUT2D eigenvalue weighted by Crippen LogP contribution is 2.27. The van der Waals surface area contributed by atoms with Crippen molar-refractivity contribution in [3.05, 3.63) is 93.5 Å². The van der Waals surface area contributed by atoms with Gasteiger partial charge in [-0.2, -0.15) is 0 Å². The first kappa shape index (κ1) is 24.2. The van der Waals surface area contributed by atoms with Crippen LogP contribution in [-0.2, 0) is 22.8 Å². The van der Waals surface area contributed by atoms with E-state index in [1.165, 1.54) is 23.3 Å². The van der Waals surface area contributed by atoms with Gasteiger partial charge < -0.3 is 15.5 Å². The molecule has 0 radical (unpaired) electrons. The first-order chi connectivity index (χ1) is 16.7. The number of fused-ring (bicyclic) bond motifs is 1. The van der Waals surface area contributed by atoms with Gasteiger partial charge >= 0.3 is 0 Å². The number of carbonyl (C=O) groups is 1. The number of amides is 1. The van der Waals surface area contributed by atoms with Crippen LogP contribution in [0.4, 0.5) is 17.1 Å². The second-order valence-corrected chi connectivity index (χ2v) is 10.4. The van der Waals surface area contributed by atoms with Crippen LogP contribution in [0.25, 0.3) is 0 Å². The molecular formula is C25H26N4O5S. The maximum atomic E-state index is 12.5. The standard InChI is InChI=1S/C25H26N4O5S/c1-35(33,34)22-10-11-23(24(16-22)29(31)32)26-13-14-27-25(30)19-6-8-21(9-7-19)28-15-12-18-4-2-3-5-20(18)17-28/h2-11,16,26H,12-15,17H2,1H3,(H,27,30). The van der Waals surface area contributed by atoms with Crippen LogP contribution in [-0.4, -0.2) is 45.1 Å². The molecule has 1 aliphatic rings. The van der Waals surface area contributed by atoms with E-state index in [9.17, 15) is 23.3 Å². The molecule has 0 spiro atoms. The summed E-state index contributed by atoms with van der Waals surface area (Å²) >= 11 is 0. The SMILES string of the molecule is CS(=O)(=O)c1ccc(NCCNC(=O)c2ccc(N3CCc4ccccc4C3)cc2)c([N+](=O)[O-])c1. The summed E-state index contributed by atoms with van der Waals surface area (Å²) in [6, 6.07) is 19.6. The Hall–Kier alpha value is -3.92. The minimum absolute atomic E-state index is 0.125. The van der Waals surface area contributed by atoms with Gasteiger partial charge in [0.25, 0.3) is 11.6 Å². The Labute approximate surface area is 203 Å². The molecule has 0 aromatic heterocycles. The van der Waals surface area contributed by atoms with E-state index in [1.807, 2.05) is 18.2 Å². The molecular weight excluding hydrogens is 468 g/mol. The van der Waals surface area contributed by atoms with Gasteiger partial charge in [-0.05, 0) is 53.9 Å². The van der Waals surface area contributed by atoms with Crippen molar-refractivity contribution in [2.45, 2.75) is 17.9 Å². The molecule has 35 heavy (non-hydrogen) atoms. The van der Waals surface area contributed by atoms with Crippen molar-refractivity contribution in [2.24, 2.45) is 0 Å². The monoisotopic (exact) mass is 494 g/mol. The van der Waals surface area contributed by atoms with Gasteiger partial charge in [0.1, 0.15) is 5.69 Å². The summed E-state index contributed by atoms with van der Waals surface area (Å²) in [5, 5.41) is 17.0. The molecule has 2 N–H and O–H groups in total. The molecule has 1 heterocycles. The third-order valence-corrected chi connectivity index (χ3v) is 7.06. The summed E-state index contributed by atoms with van der Waals surface area (Å²) in [5.74, 6) is -0.246. The Morgan fingerprint density at radius 3 is 2.43 bits per heavy atom. The van der Waals surface area contributed by atoms with Crippen LogP contribution in [0.5, 0.6) is 0 Å². The van der Waals surface area contributed by atoms with E-state index in [4.69, 9.17) is 0 Å². The van der Waals surface area contributed by atoms with Gasteiger partial charge in [-0.15, -0.1) is 0 Å². The van der Waals surface area contributed by atoms with Crippen molar-refractivity contribution in [2.75, 3.05) is 36.1 Å². The molecule has 0 unspecified atom stereocenters. The number of anilines is 2. The van der Waals surface area contributed by atoms with Gasteiger partial charge in [0.2, 0.25) is 0 Å². The first-order valence-electron chi connectivity index (χ1n) is 11.1. The van der Waals surface area contributed by atoms with Crippen LogP contribution in [0, 0.1) is 10.1 Å². The zero-order valence-electron chi connectivity index (χ0n) is 19.2. The Morgan fingerprint density at radius 1 is 1.03 bits per heavy atom. The molecule has 9 nitrogen and oxygen atoms in total. The van der Waals surface area contributed by atoms with Crippen molar-refractivity contribution in [3.63, 3.8) is 0 Å². The van der Waals surface area contributed by atoms with Crippen LogP contribution in [0.1, 0.15) is 21.5 Å². The summed E-state index contributed by atoms with van der Waals surface area (Å²) < 4.78 is 23.3. The largest absolute Gasteiger partial charge is 0.378 e. The fourth-order valence-corrected chi connectivity index (χ4v) is 4.70. The number of carbonyl (C=O) groups excluding carboxylic acids is 1. The lowest BCUT2D eigenvalue weighted by Crippen LogP contribution is -2.30. The van der Waals surface area contributed by atoms with Gasteiger partial charge in [0.15, 0.2) is 9.84 Å². The van der Waals surface area contributed by atoms with Crippen LogP contribution in [0.2, 0.25) is 0 Å². The van der Waals surface area contributed by atoms with E-state index in [0.717, 1.165) is 37.5 Å². The molecule has 1 amide bonds. The van der Waals surface area contributed by atoms with Crippen LogP contribution < -0.4 is 15.5 Å². The molecule has 4 rings (SSSR count). The van der Waals surface area contributed by atoms with Crippen molar-refractivity contribution in [1.82, 2.24) is 5.32 Å². The highest BCUT2D eigenvalue weighted by atomic mass is 32.2. The van der Waals surface area contributed by atoms with Gasteiger partial charge in [-0.3, -0.25) is 14.9 Å². The Balaban J connectivity index is 1.31. The number of rotatable bonds is 8. The van der Waals surface area contributed by atoms with Crippen molar-refractivity contribution >= 4 is 32.8 Å². The minimum atomic E-state index is -3.56. The van der Waals surface area contributed by atoms with Crippen LogP contribution in [0.15, 0.2) is 71.6 Å². The first-order valence-corrected chi connectivity index (χ1v) is 13.0. The fraction of sp³-hybridized carbons (Fsp3) is 0.240. The third kappa shape index (κ3) is 5.78. The zero-order valence-corrected chi connectivity index (χ0v) is 20.0. The number of benzene rings is 3. The lowest BCUT2D eigenvalue weighted by atomic mass is 9.99. The van der Waals surface area contributed by atoms with Crippen molar-refractivity contribution < 1.29 is 18.1 Å². The van der Waals surface area contributed by atoms with Crippen molar-refractivity contribution in [3.8, 4) is 0 Å². The maximum absolute atomic E-state index is 12.5. The minimum Gasteiger partial charge on any atom is -0.378 e. The van der Waals surface area contributed by atoms with E-state index in [2.05, 4.69) is 33.7 Å².